The number of hydrogen-bond donors (Lipinski definition) is 1. The highest BCUT2D eigenvalue weighted by Gasteiger charge is 2.08. The average molecular weight is 245 g/mol. The third kappa shape index (κ3) is 2.68. The summed E-state index contributed by atoms with van der Waals surface area (Å²) in [6.45, 7) is 4.40. The van der Waals surface area contributed by atoms with Crippen LogP contribution in [0.15, 0.2) is 30.6 Å². The molecule has 0 spiro atoms. The third-order valence-electron chi connectivity index (χ3n) is 3.06. The molecule has 0 unspecified atom stereocenters. The average Bonchev–Trinajstić information content (AvgIpc) is 2.81. The van der Waals surface area contributed by atoms with Gasteiger partial charge >= 0.3 is 0 Å². The first-order valence-electron chi connectivity index (χ1n) is 6.11. The minimum atomic E-state index is 0.579. The van der Waals surface area contributed by atoms with Crippen molar-refractivity contribution in [1.82, 2.24) is 14.8 Å². The summed E-state index contributed by atoms with van der Waals surface area (Å²) in [5.41, 5.74) is 7.93. The summed E-state index contributed by atoms with van der Waals surface area (Å²) in [4.78, 5) is 6.51. The zero-order valence-corrected chi connectivity index (χ0v) is 10.9. The van der Waals surface area contributed by atoms with E-state index in [2.05, 4.69) is 46.2 Å². The van der Waals surface area contributed by atoms with E-state index in [1.807, 2.05) is 7.05 Å². The first-order valence-corrected chi connectivity index (χ1v) is 6.11. The second-order valence-electron chi connectivity index (χ2n) is 4.18. The van der Waals surface area contributed by atoms with Crippen LogP contribution in [0.2, 0.25) is 0 Å². The largest absolute Gasteiger partial charge is 0.364 e. The maximum absolute atomic E-state index is 5.60. The highest BCUT2D eigenvalue weighted by Crippen LogP contribution is 2.16. The zero-order valence-electron chi connectivity index (χ0n) is 10.9. The molecule has 0 saturated heterocycles. The predicted octanol–water partition coefficient (Wildman–Crippen LogP) is 1.30. The zero-order chi connectivity index (χ0) is 13.0. The lowest BCUT2D eigenvalue weighted by Gasteiger charge is -2.22. The Kier molecular flexibility index (Phi) is 3.94. The minimum absolute atomic E-state index is 0.579. The van der Waals surface area contributed by atoms with Gasteiger partial charge in [0, 0.05) is 25.8 Å². The van der Waals surface area contributed by atoms with Crippen LogP contribution in [0.4, 0.5) is 5.69 Å². The van der Waals surface area contributed by atoms with E-state index in [-0.39, 0.29) is 0 Å². The number of anilines is 1. The molecule has 0 amide bonds. The fourth-order valence-corrected chi connectivity index (χ4v) is 1.86. The third-order valence-corrected chi connectivity index (χ3v) is 3.06. The van der Waals surface area contributed by atoms with Crippen LogP contribution in [0, 0.1) is 0 Å². The van der Waals surface area contributed by atoms with Gasteiger partial charge in [-0.05, 0) is 24.6 Å². The summed E-state index contributed by atoms with van der Waals surface area (Å²) in [6, 6.07) is 8.33. The van der Waals surface area contributed by atoms with Gasteiger partial charge < -0.3 is 10.6 Å². The first kappa shape index (κ1) is 12.6. The fraction of sp³-hybridized carbons (Fsp3) is 0.385. The molecular weight excluding hydrogens is 226 g/mol. The van der Waals surface area contributed by atoms with Crippen molar-refractivity contribution in [3.05, 3.63) is 42.0 Å². The van der Waals surface area contributed by atoms with Crippen LogP contribution in [0.25, 0.3) is 0 Å². The highest BCUT2D eigenvalue weighted by atomic mass is 15.3. The Morgan fingerprint density at radius 1 is 1.28 bits per heavy atom. The van der Waals surface area contributed by atoms with Crippen LogP contribution in [-0.2, 0) is 20.1 Å². The molecule has 0 aliphatic rings. The van der Waals surface area contributed by atoms with E-state index in [1.54, 1.807) is 11.0 Å². The fourth-order valence-electron chi connectivity index (χ4n) is 1.86. The van der Waals surface area contributed by atoms with E-state index in [1.165, 1.54) is 5.69 Å². The molecule has 5 heteroatoms. The lowest BCUT2D eigenvalue weighted by Crippen LogP contribution is -2.24. The Morgan fingerprint density at radius 2 is 2.00 bits per heavy atom. The number of benzene rings is 1. The van der Waals surface area contributed by atoms with Crippen molar-refractivity contribution in [1.29, 1.82) is 0 Å². The lowest BCUT2D eigenvalue weighted by molar-refractivity contribution is 0.674. The monoisotopic (exact) mass is 245 g/mol. The van der Waals surface area contributed by atoms with Crippen molar-refractivity contribution < 1.29 is 0 Å². The smallest absolute Gasteiger partial charge is 0.146 e. The summed E-state index contributed by atoms with van der Waals surface area (Å²) >= 11 is 0. The summed E-state index contributed by atoms with van der Waals surface area (Å²) in [5.74, 6) is 0.958. The predicted molar refractivity (Wildman–Crippen MR) is 72.1 cm³/mol. The molecule has 0 bridgehead atoms. The van der Waals surface area contributed by atoms with Crippen LogP contribution in [0.5, 0.6) is 0 Å². The molecule has 96 valence electrons. The van der Waals surface area contributed by atoms with Gasteiger partial charge in [-0.25, -0.2) is 4.98 Å². The van der Waals surface area contributed by atoms with Crippen LogP contribution in [0.1, 0.15) is 18.3 Å². The van der Waals surface area contributed by atoms with Crippen molar-refractivity contribution >= 4 is 5.69 Å². The maximum Gasteiger partial charge on any atom is 0.146 e. The standard InChI is InChI=1S/C13H19N5/c1-3-18(9-13-15-10-16-17(13)2)12-6-4-11(8-14)5-7-12/h4-7,10H,3,8-9,14H2,1-2H3. The van der Waals surface area contributed by atoms with E-state index in [4.69, 9.17) is 5.73 Å². The molecule has 2 N–H and O–H groups in total. The Morgan fingerprint density at radius 3 is 2.50 bits per heavy atom. The number of hydrogen-bond acceptors (Lipinski definition) is 4. The minimum Gasteiger partial charge on any atom is -0.364 e. The molecule has 0 aliphatic heterocycles. The van der Waals surface area contributed by atoms with Gasteiger partial charge in [-0.1, -0.05) is 12.1 Å². The van der Waals surface area contributed by atoms with Crippen molar-refractivity contribution in [3.63, 3.8) is 0 Å². The summed E-state index contributed by atoms with van der Waals surface area (Å²) in [6.07, 6.45) is 1.58. The van der Waals surface area contributed by atoms with Crippen LogP contribution in [-0.4, -0.2) is 21.3 Å². The maximum atomic E-state index is 5.60. The molecule has 2 aromatic rings. The quantitative estimate of drug-likeness (QED) is 0.862. The molecule has 0 saturated carbocycles. The van der Waals surface area contributed by atoms with E-state index >= 15 is 0 Å². The van der Waals surface area contributed by atoms with Crippen molar-refractivity contribution in [2.45, 2.75) is 20.0 Å². The van der Waals surface area contributed by atoms with Gasteiger partial charge in [-0.3, -0.25) is 4.68 Å². The van der Waals surface area contributed by atoms with Crippen molar-refractivity contribution in [2.24, 2.45) is 12.8 Å². The Balaban J connectivity index is 2.15. The van der Waals surface area contributed by atoms with Crippen molar-refractivity contribution in [2.75, 3.05) is 11.4 Å². The molecule has 0 radical (unpaired) electrons. The van der Waals surface area contributed by atoms with Crippen LogP contribution >= 0.6 is 0 Å². The Labute approximate surface area is 107 Å². The number of rotatable bonds is 5. The molecule has 1 heterocycles. The van der Waals surface area contributed by atoms with Gasteiger partial charge in [0.25, 0.3) is 0 Å². The van der Waals surface area contributed by atoms with Crippen LogP contribution in [0.3, 0.4) is 0 Å². The molecule has 18 heavy (non-hydrogen) atoms. The second-order valence-corrected chi connectivity index (χ2v) is 4.18. The number of nitrogens with zero attached hydrogens (tertiary/aromatic N) is 4. The van der Waals surface area contributed by atoms with Crippen LogP contribution < -0.4 is 10.6 Å². The molecule has 1 aromatic carbocycles. The lowest BCUT2D eigenvalue weighted by atomic mass is 10.2. The topological polar surface area (TPSA) is 60.0 Å². The molecule has 5 nitrogen and oxygen atoms in total. The normalized spacial score (nSPS) is 10.6. The van der Waals surface area contributed by atoms with Crippen molar-refractivity contribution in [3.8, 4) is 0 Å². The Bertz CT molecular complexity index is 488. The molecular formula is C13H19N5. The van der Waals surface area contributed by atoms with E-state index in [9.17, 15) is 0 Å². The molecule has 0 fully saturated rings. The molecule has 1 aromatic heterocycles. The van der Waals surface area contributed by atoms with Gasteiger partial charge in [-0.2, -0.15) is 5.10 Å². The summed E-state index contributed by atoms with van der Waals surface area (Å²) in [7, 11) is 1.91. The SMILES string of the molecule is CCN(Cc1ncnn1C)c1ccc(CN)cc1. The molecule has 0 aliphatic carbocycles. The van der Waals surface area contributed by atoms with E-state index in [0.29, 0.717) is 6.54 Å². The van der Waals surface area contributed by atoms with Gasteiger partial charge in [0.15, 0.2) is 0 Å². The van der Waals surface area contributed by atoms with Gasteiger partial charge in [-0.15, -0.1) is 0 Å². The second kappa shape index (κ2) is 5.64. The summed E-state index contributed by atoms with van der Waals surface area (Å²) < 4.78 is 1.80. The van der Waals surface area contributed by atoms with Gasteiger partial charge in [0.05, 0.1) is 6.54 Å². The number of aromatic nitrogens is 3. The van der Waals surface area contributed by atoms with E-state index < -0.39 is 0 Å². The Hall–Kier alpha value is -1.88. The van der Waals surface area contributed by atoms with Gasteiger partial charge in [0.1, 0.15) is 12.2 Å². The number of aryl methyl sites for hydroxylation is 1. The first-order chi connectivity index (χ1) is 8.74. The summed E-state index contributed by atoms with van der Waals surface area (Å²) in [5, 5.41) is 4.09. The highest BCUT2D eigenvalue weighted by molar-refractivity contribution is 5.47. The van der Waals surface area contributed by atoms with E-state index in [0.717, 1.165) is 24.5 Å². The van der Waals surface area contributed by atoms with Gasteiger partial charge in [0.2, 0.25) is 0 Å². The molecule has 2 rings (SSSR count). The molecule has 0 atom stereocenters. The number of nitrogens with two attached hydrogens (primary N) is 1.